The average molecular weight is 319 g/mol. The summed E-state index contributed by atoms with van der Waals surface area (Å²) in [6.07, 6.45) is 0.0496. The fraction of sp³-hybridized carbons (Fsp3) is 0.250. The van der Waals surface area contributed by atoms with Gasteiger partial charge in [-0.25, -0.2) is 0 Å². The number of aliphatic hydroxyl groups is 1. The van der Waals surface area contributed by atoms with E-state index in [1.807, 2.05) is 49.4 Å². The fourth-order valence-electron chi connectivity index (χ4n) is 2.45. The summed E-state index contributed by atoms with van der Waals surface area (Å²) in [7, 11) is 0. The quantitative estimate of drug-likeness (QED) is 0.848. The molecule has 0 saturated heterocycles. The van der Waals surface area contributed by atoms with E-state index >= 15 is 0 Å². The van der Waals surface area contributed by atoms with Crippen LogP contribution in [0.3, 0.4) is 0 Å². The summed E-state index contributed by atoms with van der Waals surface area (Å²) in [4.78, 5) is 0. The summed E-state index contributed by atoms with van der Waals surface area (Å²) < 4.78 is 7.05. The lowest BCUT2D eigenvalue weighted by Gasteiger charge is -2.30. The van der Waals surface area contributed by atoms with E-state index in [0.29, 0.717) is 6.42 Å². The lowest BCUT2D eigenvalue weighted by Crippen LogP contribution is -2.19. The van der Waals surface area contributed by atoms with Gasteiger partial charge in [0.05, 0.1) is 6.10 Å². The first kappa shape index (κ1) is 12.7. The van der Waals surface area contributed by atoms with Crippen LogP contribution in [-0.4, -0.2) is 5.11 Å². The minimum Gasteiger partial charge on any atom is -0.485 e. The molecular weight excluding hydrogens is 304 g/mol. The van der Waals surface area contributed by atoms with Gasteiger partial charge < -0.3 is 9.84 Å². The number of fused-ring (bicyclic) bond motifs is 1. The zero-order valence-electron chi connectivity index (χ0n) is 10.6. The van der Waals surface area contributed by atoms with Crippen LogP contribution in [0.2, 0.25) is 0 Å². The molecule has 0 amide bonds. The van der Waals surface area contributed by atoms with Crippen molar-refractivity contribution in [1.82, 2.24) is 0 Å². The third kappa shape index (κ3) is 2.53. The van der Waals surface area contributed by atoms with Crippen molar-refractivity contribution in [2.45, 2.75) is 25.6 Å². The Labute approximate surface area is 121 Å². The van der Waals surface area contributed by atoms with Crippen molar-refractivity contribution < 1.29 is 9.84 Å². The first-order valence-electron chi connectivity index (χ1n) is 6.34. The molecule has 0 bridgehead atoms. The molecule has 2 aromatic rings. The van der Waals surface area contributed by atoms with Gasteiger partial charge in [0.2, 0.25) is 0 Å². The van der Waals surface area contributed by atoms with E-state index in [2.05, 4.69) is 15.9 Å². The molecule has 2 atom stereocenters. The van der Waals surface area contributed by atoms with Crippen LogP contribution < -0.4 is 4.74 Å². The normalized spacial score (nSPS) is 21.6. The lowest BCUT2D eigenvalue weighted by molar-refractivity contribution is 0.0657. The van der Waals surface area contributed by atoms with Crippen molar-refractivity contribution in [2.75, 3.05) is 0 Å². The third-order valence-electron chi connectivity index (χ3n) is 3.47. The summed E-state index contributed by atoms with van der Waals surface area (Å²) >= 11 is 3.42. The van der Waals surface area contributed by atoms with Gasteiger partial charge in [-0.1, -0.05) is 39.7 Å². The molecule has 0 radical (unpaired) electrons. The van der Waals surface area contributed by atoms with Crippen LogP contribution in [0.25, 0.3) is 0 Å². The van der Waals surface area contributed by atoms with Crippen molar-refractivity contribution in [3.8, 4) is 5.75 Å². The summed E-state index contributed by atoms with van der Waals surface area (Å²) in [5.41, 5.74) is 3.13. The van der Waals surface area contributed by atoms with E-state index in [0.717, 1.165) is 26.9 Å². The molecule has 0 aromatic heterocycles. The Kier molecular flexibility index (Phi) is 3.33. The second-order valence-corrected chi connectivity index (χ2v) is 5.87. The maximum Gasteiger partial charge on any atom is 0.127 e. The monoisotopic (exact) mass is 318 g/mol. The van der Waals surface area contributed by atoms with Crippen LogP contribution in [0.5, 0.6) is 5.75 Å². The molecule has 1 unspecified atom stereocenters. The average Bonchev–Trinajstić information content (AvgIpc) is 2.40. The molecule has 0 aliphatic carbocycles. The molecule has 0 saturated carbocycles. The highest BCUT2D eigenvalue weighted by molar-refractivity contribution is 9.10. The van der Waals surface area contributed by atoms with E-state index in [-0.39, 0.29) is 6.10 Å². The number of aliphatic hydroxyl groups excluding tert-OH is 1. The van der Waals surface area contributed by atoms with E-state index in [1.165, 1.54) is 0 Å². The Morgan fingerprint density at radius 2 is 1.89 bits per heavy atom. The maximum atomic E-state index is 10.3. The summed E-state index contributed by atoms with van der Waals surface area (Å²) in [6.45, 7) is 2.02. The Hall–Kier alpha value is -1.32. The van der Waals surface area contributed by atoms with Gasteiger partial charge in [0.15, 0.2) is 0 Å². The Balaban J connectivity index is 1.92. The van der Waals surface area contributed by atoms with E-state index in [4.69, 9.17) is 4.74 Å². The summed E-state index contributed by atoms with van der Waals surface area (Å²) in [5.74, 6) is 0.789. The van der Waals surface area contributed by atoms with Crippen LogP contribution in [-0.2, 0) is 0 Å². The molecule has 3 heteroatoms. The predicted octanol–water partition coefficient (Wildman–Crippen LogP) is 4.31. The van der Waals surface area contributed by atoms with Crippen molar-refractivity contribution in [2.24, 2.45) is 0 Å². The molecule has 1 N–H and O–H groups in total. The molecular formula is C16H15BrO2. The van der Waals surface area contributed by atoms with Gasteiger partial charge in [-0.3, -0.25) is 0 Å². The SMILES string of the molecule is Cc1ccc2c(c1)[C@@H](O)CC(c1ccc(Br)cc1)O2. The van der Waals surface area contributed by atoms with Gasteiger partial charge in [-0.05, 0) is 36.8 Å². The van der Waals surface area contributed by atoms with Crippen LogP contribution in [0.1, 0.15) is 35.3 Å². The zero-order valence-corrected chi connectivity index (χ0v) is 12.2. The van der Waals surface area contributed by atoms with Gasteiger partial charge in [-0.15, -0.1) is 0 Å². The van der Waals surface area contributed by atoms with Gasteiger partial charge in [0.1, 0.15) is 11.9 Å². The highest BCUT2D eigenvalue weighted by Gasteiger charge is 2.27. The number of ether oxygens (including phenoxy) is 1. The Bertz CT molecular complexity index is 592. The van der Waals surface area contributed by atoms with Crippen LogP contribution in [0.15, 0.2) is 46.9 Å². The third-order valence-corrected chi connectivity index (χ3v) is 4.00. The summed E-state index contributed by atoms with van der Waals surface area (Å²) in [6, 6.07) is 14.0. The highest BCUT2D eigenvalue weighted by atomic mass is 79.9. The van der Waals surface area contributed by atoms with Crippen molar-refractivity contribution in [3.63, 3.8) is 0 Å². The molecule has 1 aliphatic heterocycles. The number of aryl methyl sites for hydroxylation is 1. The van der Waals surface area contributed by atoms with Crippen molar-refractivity contribution in [1.29, 1.82) is 0 Å². The second kappa shape index (κ2) is 4.99. The molecule has 19 heavy (non-hydrogen) atoms. The number of hydrogen-bond acceptors (Lipinski definition) is 2. The number of rotatable bonds is 1. The topological polar surface area (TPSA) is 29.5 Å². The smallest absolute Gasteiger partial charge is 0.127 e. The lowest BCUT2D eigenvalue weighted by atomic mass is 9.94. The molecule has 3 rings (SSSR count). The van der Waals surface area contributed by atoms with Gasteiger partial charge in [-0.2, -0.15) is 0 Å². The number of benzene rings is 2. The minimum absolute atomic E-state index is 0.0849. The first-order chi connectivity index (χ1) is 9.13. The number of halogens is 1. The van der Waals surface area contributed by atoms with Crippen molar-refractivity contribution >= 4 is 15.9 Å². The molecule has 0 spiro atoms. The second-order valence-electron chi connectivity index (χ2n) is 4.95. The summed E-state index contributed by atoms with van der Waals surface area (Å²) in [5, 5.41) is 10.3. The standard InChI is InChI=1S/C16H15BrO2/c1-10-2-7-15-13(8-10)14(18)9-16(19-15)11-3-5-12(17)6-4-11/h2-8,14,16,18H,9H2,1H3/t14-,16?/m0/s1. The Morgan fingerprint density at radius 1 is 1.16 bits per heavy atom. The van der Waals surface area contributed by atoms with E-state index in [9.17, 15) is 5.11 Å². The molecule has 2 aromatic carbocycles. The Morgan fingerprint density at radius 3 is 2.63 bits per heavy atom. The molecule has 0 fully saturated rings. The van der Waals surface area contributed by atoms with Gasteiger partial charge >= 0.3 is 0 Å². The predicted molar refractivity (Wildman–Crippen MR) is 78.3 cm³/mol. The zero-order chi connectivity index (χ0) is 13.4. The minimum atomic E-state index is -0.461. The first-order valence-corrected chi connectivity index (χ1v) is 7.13. The molecule has 2 nitrogen and oxygen atoms in total. The molecule has 1 heterocycles. The largest absolute Gasteiger partial charge is 0.485 e. The van der Waals surface area contributed by atoms with Crippen LogP contribution >= 0.6 is 15.9 Å². The maximum absolute atomic E-state index is 10.3. The van der Waals surface area contributed by atoms with Gasteiger partial charge in [0, 0.05) is 16.5 Å². The highest BCUT2D eigenvalue weighted by Crippen LogP contribution is 2.41. The molecule has 1 aliphatic rings. The molecule has 98 valence electrons. The van der Waals surface area contributed by atoms with Crippen LogP contribution in [0, 0.1) is 6.92 Å². The van der Waals surface area contributed by atoms with E-state index < -0.39 is 6.10 Å². The van der Waals surface area contributed by atoms with E-state index in [1.54, 1.807) is 0 Å². The van der Waals surface area contributed by atoms with Gasteiger partial charge in [0.25, 0.3) is 0 Å². The van der Waals surface area contributed by atoms with Crippen LogP contribution in [0.4, 0.5) is 0 Å². The number of hydrogen-bond donors (Lipinski definition) is 1. The fourth-order valence-corrected chi connectivity index (χ4v) is 2.71. The van der Waals surface area contributed by atoms with Crippen molar-refractivity contribution in [3.05, 3.63) is 63.6 Å².